The van der Waals surface area contributed by atoms with Crippen LogP contribution in [0.2, 0.25) is 0 Å². The molecule has 0 aliphatic heterocycles. The normalized spacial score (nSPS) is 10.4. The molecule has 2 rings (SSSR count). The average molecular weight is 181 g/mol. The van der Waals surface area contributed by atoms with Crippen molar-refractivity contribution in [2.75, 3.05) is 0 Å². The Hall–Kier alpha value is -1.35. The van der Waals surface area contributed by atoms with Crippen LogP contribution in [0, 0.1) is 0 Å². The largest absolute Gasteiger partial charge is 0.274 e. The van der Waals surface area contributed by atoms with E-state index in [-0.39, 0.29) is 5.56 Å². The first-order chi connectivity index (χ1) is 5.79. The fraction of sp³-hybridized carbons (Fsp3) is 0. The predicted octanol–water partition coefficient (Wildman–Crippen LogP) is 1.40. The zero-order valence-corrected chi connectivity index (χ0v) is 6.82. The topological polar surface area (TPSA) is 34.9 Å². The molecule has 12 heavy (non-hydrogen) atoms. The van der Waals surface area contributed by atoms with Gasteiger partial charge in [0.1, 0.15) is 0 Å². The van der Waals surface area contributed by atoms with Gasteiger partial charge in [-0.2, -0.15) is 0 Å². The van der Waals surface area contributed by atoms with Gasteiger partial charge in [0.25, 0.3) is 5.56 Å². The van der Waals surface area contributed by atoms with Crippen LogP contribution in [0.3, 0.4) is 0 Å². The van der Waals surface area contributed by atoms with Gasteiger partial charge in [0.2, 0.25) is 0 Å². The van der Waals surface area contributed by atoms with Gasteiger partial charge >= 0.3 is 0 Å². The second-order valence-electron chi connectivity index (χ2n) is 2.40. The number of fused-ring (bicyclic) bond motifs is 1. The molecular formula is C8H5ClN2O. The Kier molecular flexibility index (Phi) is 1.59. The van der Waals surface area contributed by atoms with Gasteiger partial charge in [0.15, 0.2) is 0 Å². The Morgan fingerprint density at radius 2 is 2.25 bits per heavy atom. The summed E-state index contributed by atoms with van der Waals surface area (Å²) in [4.78, 5) is 15.2. The van der Waals surface area contributed by atoms with Gasteiger partial charge in [0.05, 0.1) is 5.39 Å². The molecule has 0 bridgehead atoms. The Morgan fingerprint density at radius 1 is 1.42 bits per heavy atom. The van der Waals surface area contributed by atoms with E-state index in [0.29, 0.717) is 5.39 Å². The molecular weight excluding hydrogens is 176 g/mol. The minimum Gasteiger partial charge on any atom is -0.267 e. The summed E-state index contributed by atoms with van der Waals surface area (Å²) in [6, 6.07) is 3.54. The third-order valence-corrected chi connectivity index (χ3v) is 1.93. The number of pyridine rings is 2. The lowest BCUT2D eigenvalue weighted by Gasteiger charge is -1.96. The number of aromatic nitrogens is 2. The van der Waals surface area contributed by atoms with Crippen LogP contribution < -0.4 is 5.56 Å². The van der Waals surface area contributed by atoms with Crippen LogP contribution in [0.25, 0.3) is 10.8 Å². The molecule has 0 spiro atoms. The summed E-state index contributed by atoms with van der Waals surface area (Å²) >= 11 is 5.56. The van der Waals surface area contributed by atoms with Gasteiger partial charge < -0.3 is 0 Å². The lowest BCUT2D eigenvalue weighted by atomic mass is 10.2. The Labute approximate surface area is 73.3 Å². The predicted molar refractivity (Wildman–Crippen MR) is 47.3 cm³/mol. The molecule has 2 aromatic heterocycles. The Bertz CT molecular complexity index is 478. The summed E-state index contributed by atoms with van der Waals surface area (Å²) in [5.74, 6) is 0. The van der Waals surface area contributed by atoms with Crippen molar-refractivity contribution in [3.05, 3.63) is 41.1 Å². The fourth-order valence-electron chi connectivity index (χ4n) is 1.06. The van der Waals surface area contributed by atoms with Crippen molar-refractivity contribution in [2.45, 2.75) is 0 Å². The van der Waals surface area contributed by atoms with E-state index in [1.807, 2.05) is 0 Å². The standard InChI is InChI=1S/C8H5ClN2O/c9-11-4-2-6-1-3-10-5-7(6)8(11)12/h1-5H. The molecule has 2 aromatic rings. The van der Waals surface area contributed by atoms with Crippen molar-refractivity contribution >= 4 is 22.5 Å². The maximum absolute atomic E-state index is 11.3. The molecule has 0 amide bonds. The van der Waals surface area contributed by atoms with Crippen LogP contribution >= 0.6 is 11.8 Å². The SMILES string of the molecule is O=c1c2cnccc2ccn1Cl. The molecule has 0 atom stereocenters. The summed E-state index contributed by atoms with van der Waals surface area (Å²) in [5.41, 5.74) is -0.234. The highest BCUT2D eigenvalue weighted by Gasteiger charge is 1.98. The van der Waals surface area contributed by atoms with Crippen molar-refractivity contribution in [3.63, 3.8) is 0 Å². The molecule has 2 heterocycles. The molecule has 4 heteroatoms. The van der Waals surface area contributed by atoms with Crippen LogP contribution in [-0.4, -0.2) is 9.07 Å². The number of rotatable bonds is 0. The summed E-state index contributed by atoms with van der Waals surface area (Å²) < 4.78 is 1.02. The fourth-order valence-corrected chi connectivity index (χ4v) is 1.21. The van der Waals surface area contributed by atoms with Gasteiger partial charge in [-0.25, -0.2) is 4.09 Å². The van der Waals surface area contributed by atoms with E-state index in [1.54, 1.807) is 18.3 Å². The molecule has 0 N–H and O–H groups in total. The minimum atomic E-state index is -0.234. The first kappa shape index (κ1) is 7.31. The third kappa shape index (κ3) is 0.987. The van der Waals surface area contributed by atoms with Gasteiger partial charge in [-0.05, 0) is 17.5 Å². The maximum Gasteiger partial charge on any atom is 0.274 e. The van der Waals surface area contributed by atoms with Gasteiger partial charge in [-0.3, -0.25) is 9.78 Å². The quantitative estimate of drug-likeness (QED) is 0.614. The second kappa shape index (κ2) is 2.60. The van der Waals surface area contributed by atoms with Crippen LogP contribution in [0.5, 0.6) is 0 Å². The lowest BCUT2D eigenvalue weighted by Crippen LogP contribution is -2.11. The van der Waals surface area contributed by atoms with Crippen molar-refractivity contribution in [2.24, 2.45) is 0 Å². The first-order valence-corrected chi connectivity index (χ1v) is 3.74. The van der Waals surface area contributed by atoms with E-state index in [0.717, 1.165) is 9.47 Å². The zero-order valence-electron chi connectivity index (χ0n) is 6.07. The molecule has 0 aliphatic rings. The van der Waals surface area contributed by atoms with Crippen LogP contribution in [0.4, 0.5) is 0 Å². The number of hydrogen-bond donors (Lipinski definition) is 0. The maximum atomic E-state index is 11.3. The van der Waals surface area contributed by atoms with Gasteiger partial charge in [0, 0.05) is 30.4 Å². The number of halogens is 1. The first-order valence-electron chi connectivity index (χ1n) is 3.40. The van der Waals surface area contributed by atoms with Crippen molar-refractivity contribution in [1.82, 2.24) is 9.07 Å². The van der Waals surface area contributed by atoms with Gasteiger partial charge in [-0.1, -0.05) is 0 Å². The van der Waals surface area contributed by atoms with E-state index in [9.17, 15) is 4.79 Å². The monoisotopic (exact) mass is 180 g/mol. The van der Waals surface area contributed by atoms with Crippen molar-refractivity contribution < 1.29 is 0 Å². The van der Waals surface area contributed by atoms with Gasteiger partial charge in [-0.15, -0.1) is 0 Å². The summed E-state index contributed by atoms with van der Waals surface area (Å²) in [5, 5.41) is 1.39. The lowest BCUT2D eigenvalue weighted by molar-refractivity contribution is 1.15. The minimum absolute atomic E-state index is 0.234. The Balaban J connectivity index is 3.01. The van der Waals surface area contributed by atoms with Crippen LogP contribution in [0.1, 0.15) is 0 Å². The molecule has 0 saturated heterocycles. The Morgan fingerprint density at radius 3 is 3.08 bits per heavy atom. The highest BCUT2D eigenvalue weighted by molar-refractivity contribution is 6.15. The molecule has 3 nitrogen and oxygen atoms in total. The number of hydrogen-bond acceptors (Lipinski definition) is 2. The second-order valence-corrected chi connectivity index (χ2v) is 2.76. The molecule has 0 saturated carbocycles. The molecule has 0 unspecified atom stereocenters. The van der Waals surface area contributed by atoms with Crippen LogP contribution in [-0.2, 0) is 0 Å². The third-order valence-electron chi connectivity index (χ3n) is 1.66. The summed E-state index contributed by atoms with van der Waals surface area (Å²) in [6.45, 7) is 0. The van der Waals surface area contributed by atoms with Crippen LogP contribution in [0.15, 0.2) is 35.5 Å². The van der Waals surface area contributed by atoms with E-state index >= 15 is 0 Å². The van der Waals surface area contributed by atoms with E-state index in [1.165, 1.54) is 12.4 Å². The molecule has 0 radical (unpaired) electrons. The van der Waals surface area contributed by atoms with Crippen molar-refractivity contribution in [3.8, 4) is 0 Å². The highest BCUT2D eigenvalue weighted by Crippen LogP contribution is 2.06. The smallest absolute Gasteiger partial charge is 0.267 e. The van der Waals surface area contributed by atoms with E-state index in [2.05, 4.69) is 4.98 Å². The summed E-state index contributed by atoms with van der Waals surface area (Å²) in [6.07, 6.45) is 4.67. The average Bonchev–Trinajstić information content (AvgIpc) is 2.12. The molecule has 0 aromatic carbocycles. The van der Waals surface area contributed by atoms with E-state index < -0.39 is 0 Å². The highest BCUT2D eigenvalue weighted by atomic mass is 35.5. The summed E-state index contributed by atoms with van der Waals surface area (Å²) in [7, 11) is 0. The number of nitrogens with zero attached hydrogens (tertiary/aromatic N) is 2. The molecule has 60 valence electrons. The molecule has 0 fully saturated rings. The van der Waals surface area contributed by atoms with Crippen molar-refractivity contribution in [1.29, 1.82) is 0 Å². The molecule has 0 aliphatic carbocycles. The van der Waals surface area contributed by atoms with E-state index in [4.69, 9.17) is 11.8 Å². The zero-order chi connectivity index (χ0) is 8.55.